The lowest BCUT2D eigenvalue weighted by Crippen LogP contribution is -2.39. The molecule has 2 heterocycles. The maximum absolute atomic E-state index is 12.6. The standard InChI is InChI=1S/C17H18F3N3O2S/c1-25-13-6-2-4-11(9-13)8-12-5-3-7-23(12)16(24)22-15-21-14(10-26-15)17(18,19)20/h2,4,6,9-10,12H,3,5,7-8H2,1H3,(H,21,22,24). The Morgan fingerprint density at radius 1 is 1.46 bits per heavy atom. The summed E-state index contributed by atoms with van der Waals surface area (Å²) in [6, 6.07) is 7.20. The van der Waals surface area contributed by atoms with Crippen molar-refractivity contribution in [2.75, 3.05) is 19.0 Å². The number of benzene rings is 1. The van der Waals surface area contributed by atoms with E-state index in [2.05, 4.69) is 10.3 Å². The smallest absolute Gasteiger partial charge is 0.434 e. The van der Waals surface area contributed by atoms with E-state index in [0.717, 1.165) is 40.9 Å². The first kappa shape index (κ1) is 18.5. The van der Waals surface area contributed by atoms with E-state index in [1.165, 1.54) is 0 Å². The summed E-state index contributed by atoms with van der Waals surface area (Å²) in [5.41, 5.74) is 0.0507. The van der Waals surface area contributed by atoms with Gasteiger partial charge in [-0.05, 0) is 37.0 Å². The van der Waals surface area contributed by atoms with E-state index in [0.29, 0.717) is 13.0 Å². The van der Waals surface area contributed by atoms with E-state index in [9.17, 15) is 18.0 Å². The monoisotopic (exact) mass is 385 g/mol. The number of halogens is 3. The number of urea groups is 1. The molecule has 1 unspecified atom stereocenters. The predicted octanol–water partition coefficient (Wildman–Crippen LogP) is 4.41. The third kappa shape index (κ3) is 4.27. The quantitative estimate of drug-likeness (QED) is 0.848. The zero-order chi connectivity index (χ0) is 18.7. The largest absolute Gasteiger partial charge is 0.497 e. The van der Waals surface area contributed by atoms with Crippen molar-refractivity contribution in [3.63, 3.8) is 0 Å². The second-order valence-electron chi connectivity index (χ2n) is 6.01. The van der Waals surface area contributed by atoms with Crippen molar-refractivity contribution in [3.8, 4) is 5.75 Å². The highest BCUT2D eigenvalue weighted by molar-refractivity contribution is 7.13. The van der Waals surface area contributed by atoms with Crippen molar-refractivity contribution in [2.45, 2.75) is 31.5 Å². The molecular formula is C17H18F3N3O2S. The molecule has 0 radical (unpaired) electrons. The lowest BCUT2D eigenvalue weighted by atomic mass is 10.0. The molecule has 0 aliphatic carbocycles. The Bertz CT molecular complexity index is 779. The fourth-order valence-electron chi connectivity index (χ4n) is 3.01. The summed E-state index contributed by atoms with van der Waals surface area (Å²) in [7, 11) is 1.59. The Hall–Kier alpha value is -2.29. The lowest BCUT2D eigenvalue weighted by Gasteiger charge is -2.24. The van der Waals surface area contributed by atoms with Crippen LogP contribution in [-0.2, 0) is 12.6 Å². The fraction of sp³-hybridized carbons (Fsp3) is 0.412. The summed E-state index contributed by atoms with van der Waals surface area (Å²) >= 11 is 0.767. The first-order chi connectivity index (χ1) is 12.4. The van der Waals surface area contributed by atoms with Crippen LogP contribution in [0.3, 0.4) is 0 Å². The number of methoxy groups -OCH3 is 1. The van der Waals surface area contributed by atoms with Crippen LogP contribution in [-0.4, -0.2) is 35.6 Å². The van der Waals surface area contributed by atoms with Gasteiger partial charge in [0.25, 0.3) is 0 Å². The molecule has 3 rings (SSSR count). The topological polar surface area (TPSA) is 54.5 Å². The van der Waals surface area contributed by atoms with Gasteiger partial charge in [-0.1, -0.05) is 12.1 Å². The highest BCUT2D eigenvalue weighted by Gasteiger charge is 2.34. The minimum absolute atomic E-state index is 0.0100. The SMILES string of the molecule is COc1cccc(CC2CCCN2C(=O)Nc2nc(C(F)(F)F)cs2)c1. The minimum Gasteiger partial charge on any atom is -0.497 e. The van der Waals surface area contributed by atoms with Crippen LogP contribution in [0.15, 0.2) is 29.6 Å². The third-order valence-electron chi connectivity index (χ3n) is 4.25. The second kappa shape index (κ2) is 7.53. The number of hydrogen-bond donors (Lipinski definition) is 1. The number of anilines is 1. The number of carbonyl (C=O) groups is 1. The maximum atomic E-state index is 12.6. The van der Waals surface area contributed by atoms with E-state index in [-0.39, 0.29) is 11.2 Å². The fourth-order valence-corrected chi connectivity index (χ4v) is 3.72. The van der Waals surface area contributed by atoms with Crippen LogP contribution < -0.4 is 10.1 Å². The Morgan fingerprint density at radius 3 is 2.96 bits per heavy atom. The second-order valence-corrected chi connectivity index (χ2v) is 6.87. The highest BCUT2D eigenvalue weighted by atomic mass is 32.1. The number of amides is 2. The zero-order valence-corrected chi connectivity index (χ0v) is 14.9. The van der Waals surface area contributed by atoms with E-state index < -0.39 is 17.9 Å². The first-order valence-corrected chi connectivity index (χ1v) is 8.98. The van der Waals surface area contributed by atoms with Crippen LogP contribution in [0.4, 0.5) is 23.1 Å². The summed E-state index contributed by atoms with van der Waals surface area (Å²) in [6.45, 7) is 0.567. The van der Waals surface area contributed by atoms with E-state index >= 15 is 0 Å². The van der Waals surface area contributed by atoms with Crippen LogP contribution in [0, 0.1) is 0 Å². The van der Waals surface area contributed by atoms with Gasteiger partial charge in [0.05, 0.1) is 7.11 Å². The van der Waals surface area contributed by atoms with Crippen molar-refractivity contribution in [1.82, 2.24) is 9.88 Å². The number of nitrogens with zero attached hydrogens (tertiary/aromatic N) is 2. The molecular weight excluding hydrogens is 367 g/mol. The average molecular weight is 385 g/mol. The summed E-state index contributed by atoms with van der Waals surface area (Å²) in [5.74, 6) is 0.749. The third-order valence-corrected chi connectivity index (χ3v) is 5.01. The molecule has 0 bridgehead atoms. The van der Waals surface area contributed by atoms with Crippen LogP contribution in [0.5, 0.6) is 5.75 Å². The molecule has 140 valence electrons. The Balaban J connectivity index is 1.65. The molecule has 0 saturated carbocycles. The van der Waals surface area contributed by atoms with Gasteiger partial charge in [0.2, 0.25) is 0 Å². The van der Waals surface area contributed by atoms with Gasteiger partial charge in [-0.15, -0.1) is 11.3 Å². The normalized spacial score (nSPS) is 17.4. The van der Waals surface area contributed by atoms with Crippen molar-refractivity contribution in [1.29, 1.82) is 0 Å². The lowest BCUT2D eigenvalue weighted by molar-refractivity contribution is -0.140. The van der Waals surface area contributed by atoms with Gasteiger partial charge in [-0.2, -0.15) is 13.2 Å². The van der Waals surface area contributed by atoms with Gasteiger partial charge in [0.15, 0.2) is 10.8 Å². The van der Waals surface area contributed by atoms with Gasteiger partial charge >= 0.3 is 12.2 Å². The molecule has 2 amide bonds. The van der Waals surface area contributed by atoms with Gasteiger partial charge in [0, 0.05) is 18.0 Å². The van der Waals surface area contributed by atoms with Crippen molar-refractivity contribution in [3.05, 3.63) is 40.9 Å². The van der Waals surface area contributed by atoms with Gasteiger partial charge in [-0.25, -0.2) is 9.78 Å². The molecule has 2 aromatic rings. The molecule has 0 spiro atoms. The maximum Gasteiger partial charge on any atom is 0.434 e. The molecule has 5 nitrogen and oxygen atoms in total. The van der Waals surface area contributed by atoms with Gasteiger partial charge in [-0.3, -0.25) is 5.32 Å². The Kier molecular flexibility index (Phi) is 5.36. The van der Waals surface area contributed by atoms with Crippen molar-refractivity contribution >= 4 is 22.5 Å². The van der Waals surface area contributed by atoms with Crippen LogP contribution in [0.25, 0.3) is 0 Å². The van der Waals surface area contributed by atoms with Crippen molar-refractivity contribution in [2.24, 2.45) is 0 Å². The number of nitrogens with one attached hydrogen (secondary N) is 1. The first-order valence-electron chi connectivity index (χ1n) is 8.10. The molecule has 1 aromatic heterocycles. The van der Waals surface area contributed by atoms with Crippen LogP contribution in [0.2, 0.25) is 0 Å². The van der Waals surface area contributed by atoms with E-state index in [1.54, 1.807) is 12.0 Å². The number of carbonyl (C=O) groups excluding carboxylic acids is 1. The number of hydrogen-bond acceptors (Lipinski definition) is 4. The summed E-state index contributed by atoms with van der Waals surface area (Å²) in [4.78, 5) is 17.6. The summed E-state index contributed by atoms with van der Waals surface area (Å²) in [6.07, 6.45) is -2.15. The van der Waals surface area contributed by atoms with Crippen LogP contribution >= 0.6 is 11.3 Å². The molecule has 1 saturated heterocycles. The molecule has 1 aliphatic heterocycles. The van der Waals surface area contributed by atoms with E-state index in [4.69, 9.17) is 4.74 Å². The molecule has 26 heavy (non-hydrogen) atoms. The predicted molar refractivity (Wildman–Crippen MR) is 92.6 cm³/mol. The summed E-state index contributed by atoms with van der Waals surface area (Å²) < 4.78 is 43.1. The Morgan fingerprint density at radius 2 is 2.27 bits per heavy atom. The Labute approximate surface area is 152 Å². The van der Waals surface area contributed by atoms with Gasteiger partial charge in [0.1, 0.15) is 5.75 Å². The van der Waals surface area contributed by atoms with E-state index in [1.807, 2.05) is 24.3 Å². The molecule has 1 atom stereocenters. The number of rotatable bonds is 4. The summed E-state index contributed by atoms with van der Waals surface area (Å²) in [5, 5.41) is 3.33. The number of ether oxygens (including phenoxy) is 1. The van der Waals surface area contributed by atoms with Gasteiger partial charge < -0.3 is 9.64 Å². The molecule has 1 aliphatic rings. The number of thiazole rings is 1. The molecule has 1 fully saturated rings. The minimum atomic E-state index is -4.51. The molecule has 1 aromatic carbocycles. The zero-order valence-electron chi connectivity index (χ0n) is 14.0. The highest BCUT2D eigenvalue weighted by Crippen LogP contribution is 2.32. The van der Waals surface area contributed by atoms with Crippen LogP contribution in [0.1, 0.15) is 24.1 Å². The van der Waals surface area contributed by atoms with Crippen molar-refractivity contribution < 1.29 is 22.7 Å². The molecule has 1 N–H and O–H groups in total. The number of likely N-dealkylation sites (tertiary alicyclic amines) is 1. The number of aromatic nitrogens is 1. The average Bonchev–Trinajstić information content (AvgIpc) is 3.24. The number of alkyl halides is 3. The molecule has 9 heteroatoms.